The van der Waals surface area contributed by atoms with Crippen LogP contribution in [0.5, 0.6) is 0 Å². The summed E-state index contributed by atoms with van der Waals surface area (Å²) in [5.41, 5.74) is 3.94. The normalized spacial score (nSPS) is 56.6. The summed E-state index contributed by atoms with van der Waals surface area (Å²) in [4.78, 5) is 12.9. The Morgan fingerprint density at radius 1 is 1.12 bits per heavy atom. The number of rotatable bonds is 1. The van der Waals surface area contributed by atoms with Crippen LogP contribution in [0, 0.1) is 33.5 Å². The number of fused-ring (bicyclic) bond motifs is 2. The molecule has 5 fully saturated rings. The van der Waals surface area contributed by atoms with Crippen molar-refractivity contribution in [2.45, 2.75) is 78.2 Å². The van der Waals surface area contributed by atoms with E-state index in [4.69, 9.17) is 0 Å². The second-order valence-electron chi connectivity index (χ2n) is 10.7. The zero-order valence-electron chi connectivity index (χ0n) is 17.1. The van der Waals surface area contributed by atoms with Crippen LogP contribution >= 0.6 is 0 Å². The topological polar surface area (TPSA) is 29.1 Å². The number of allylic oxidation sites excluding steroid dienone is 2. The Kier molecular flexibility index (Phi) is 3.27. The van der Waals surface area contributed by atoms with Crippen LogP contribution in [0.1, 0.15) is 72.1 Å². The number of hydrogen-bond acceptors (Lipinski definition) is 2. The lowest BCUT2D eigenvalue weighted by Crippen LogP contribution is -2.54. The van der Waals surface area contributed by atoms with Crippen molar-refractivity contribution < 1.29 is 4.79 Å². The molecule has 0 radical (unpaired) electrons. The zero-order chi connectivity index (χ0) is 18.5. The van der Waals surface area contributed by atoms with Crippen molar-refractivity contribution in [3.63, 3.8) is 0 Å². The highest BCUT2D eigenvalue weighted by atomic mass is 16.1. The highest BCUT2D eigenvalue weighted by Crippen LogP contribution is 2.87. The van der Waals surface area contributed by atoms with Crippen molar-refractivity contribution in [1.82, 2.24) is 5.32 Å². The quantitative estimate of drug-likeness (QED) is 0.528. The van der Waals surface area contributed by atoms with Gasteiger partial charge in [0.25, 0.3) is 0 Å². The summed E-state index contributed by atoms with van der Waals surface area (Å²) in [6, 6.07) is 0.520. The third kappa shape index (κ3) is 1.60. The van der Waals surface area contributed by atoms with Crippen LogP contribution in [0.2, 0.25) is 0 Å². The van der Waals surface area contributed by atoms with E-state index >= 15 is 0 Å². The molecule has 2 spiro atoms. The van der Waals surface area contributed by atoms with E-state index in [-0.39, 0.29) is 10.8 Å². The van der Waals surface area contributed by atoms with Crippen LogP contribution in [-0.2, 0) is 4.79 Å². The molecule has 2 unspecified atom stereocenters. The predicted molar refractivity (Wildman–Crippen MR) is 106 cm³/mol. The van der Waals surface area contributed by atoms with Crippen molar-refractivity contribution in [2.75, 3.05) is 7.05 Å². The van der Waals surface area contributed by atoms with Crippen molar-refractivity contribution >= 4 is 5.78 Å². The number of Topliss-reactive ketones (excluding diaryl/α,β-unsaturated/α-hetero) is 1. The first-order chi connectivity index (χ1) is 12.3. The first-order valence-electron chi connectivity index (χ1n) is 10.9. The SMILES string of the molecule is C=C1C2CCC3[C@]4(CC[C@]5(C)/C(=C\C)C(=O)C[C@@]35C)C[C@]24CC[C@@H]1NC. The molecule has 0 aromatic heterocycles. The average molecular weight is 354 g/mol. The minimum Gasteiger partial charge on any atom is -0.313 e. The standard InChI is InChI=1S/C24H35NO/c1-6-16-19(26)13-22(4)20-8-7-17-15(2)18(25-5)9-10-23(17)14-24(20,23)12-11-21(16,22)3/h6,17-18,20,25H,2,7-14H2,1,3-5H3/b16-6-/t17?,18-,20?,21+,22-,23+,24-/m0/s1. The Balaban J connectivity index is 1.56. The van der Waals surface area contributed by atoms with Gasteiger partial charge in [0.2, 0.25) is 0 Å². The van der Waals surface area contributed by atoms with Gasteiger partial charge < -0.3 is 5.32 Å². The molecule has 0 saturated heterocycles. The highest BCUT2D eigenvalue weighted by molar-refractivity contribution is 6.00. The molecule has 0 heterocycles. The summed E-state index contributed by atoms with van der Waals surface area (Å²) in [5.74, 6) is 1.89. The van der Waals surface area contributed by atoms with E-state index in [2.05, 4.69) is 45.8 Å². The molecule has 5 aliphatic rings. The van der Waals surface area contributed by atoms with Gasteiger partial charge in [-0.3, -0.25) is 4.79 Å². The largest absolute Gasteiger partial charge is 0.313 e. The molecule has 5 saturated carbocycles. The third-order valence-electron chi connectivity index (χ3n) is 10.5. The molecule has 0 bridgehead atoms. The number of nitrogens with one attached hydrogen (secondary N) is 1. The van der Waals surface area contributed by atoms with Crippen molar-refractivity contribution in [1.29, 1.82) is 0 Å². The Morgan fingerprint density at radius 2 is 1.88 bits per heavy atom. The van der Waals surface area contributed by atoms with Gasteiger partial charge in [0, 0.05) is 17.9 Å². The Morgan fingerprint density at radius 3 is 2.58 bits per heavy atom. The number of carbonyl (C=O) groups is 1. The maximum Gasteiger partial charge on any atom is 0.159 e. The molecular weight excluding hydrogens is 318 g/mol. The summed E-state index contributed by atoms with van der Waals surface area (Å²) >= 11 is 0. The summed E-state index contributed by atoms with van der Waals surface area (Å²) in [6.07, 6.45) is 12.1. The maximum atomic E-state index is 12.9. The average Bonchev–Trinajstić information content (AvgIpc) is 3.21. The zero-order valence-corrected chi connectivity index (χ0v) is 17.1. The number of likely N-dealkylation sites (N-methyl/N-ethyl adjacent to an activating group) is 1. The molecule has 0 amide bonds. The minimum absolute atomic E-state index is 0.102. The molecule has 0 aromatic rings. The molecule has 1 N–H and O–H groups in total. The molecule has 2 heteroatoms. The fraction of sp³-hybridized carbons (Fsp3) is 0.792. The fourth-order valence-electron chi connectivity index (χ4n) is 9.12. The lowest BCUT2D eigenvalue weighted by Gasteiger charge is -2.60. The van der Waals surface area contributed by atoms with Crippen molar-refractivity contribution in [2.24, 2.45) is 33.5 Å². The van der Waals surface area contributed by atoms with Gasteiger partial charge in [-0.2, -0.15) is 0 Å². The molecule has 26 heavy (non-hydrogen) atoms. The van der Waals surface area contributed by atoms with Crippen LogP contribution < -0.4 is 5.32 Å². The van der Waals surface area contributed by atoms with Crippen LogP contribution in [0.3, 0.4) is 0 Å². The first-order valence-corrected chi connectivity index (χ1v) is 10.9. The predicted octanol–water partition coefficient (Wildman–Crippen LogP) is 5.05. The number of ketones is 1. The summed E-state index contributed by atoms with van der Waals surface area (Å²) in [7, 11) is 2.10. The van der Waals surface area contributed by atoms with Gasteiger partial charge in [0.1, 0.15) is 0 Å². The smallest absolute Gasteiger partial charge is 0.159 e. The van der Waals surface area contributed by atoms with Gasteiger partial charge in [0.15, 0.2) is 5.78 Å². The highest BCUT2D eigenvalue weighted by Gasteiger charge is 2.81. The Labute approximate surface area is 158 Å². The van der Waals surface area contributed by atoms with E-state index in [1.165, 1.54) is 50.5 Å². The number of carbonyl (C=O) groups excluding carboxylic acids is 1. The first kappa shape index (κ1) is 17.2. The summed E-state index contributed by atoms with van der Waals surface area (Å²) in [5, 5.41) is 3.51. The van der Waals surface area contributed by atoms with E-state index in [1.54, 1.807) is 0 Å². The van der Waals surface area contributed by atoms with Crippen LogP contribution in [0.15, 0.2) is 23.8 Å². The van der Waals surface area contributed by atoms with E-state index in [1.807, 2.05) is 0 Å². The summed E-state index contributed by atoms with van der Waals surface area (Å²) < 4.78 is 0. The molecule has 2 nitrogen and oxygen atoms in total. The second-order valence-corrected chi connectivity index (χ2v) is 10.7. The molecule has 0 aromatic carbocycles. The van der Waals surface area contributed by atoms with Gasteiger partial charge in [-0.05, 0) is 92.6 Å². The van der Waals surface area contributed by atoms with E-state index in [9.17, 15) is 4.79 Å². The maximum absolute atomic E-state index is 12.9. The van der Waals surface area contributed by atoms with Crippen molar-refractivity contribution in [3.05, 3.63) is 23.8 Å². The fourth-order valence-corrected chi connectivity index (χ4v) is 9.12. The van der Waals surface area contributed by atoms with Gasteiger partial charge in [-0.1, -0.05) is 32.1 Å². The number of hydrogen-bond donors (Lipinski definition) is 1. The molecule has 142 valence electrons. The second kappa shape index (κ2) is 4.93. The molecular formula is C24H35NO. The third-order valence-corrected chi connectivity index (χ3v) is 10.5. The van der Waals surface area contributed by atoms with E-state index in [0.29, 0.717) is 22.7 Å². The van der Waals surface area contributed by atoms with Crippen LogP contribution in [-0.4, -0.2) is 18.9 Å². The Bertz CT molecular complexity index is 736. The van der Waals surface area contributed by atoms with Crippen LogP contribution in [0.25, 0.3) is 0 Å². The monoisotopic (exact) mass is 353 g/mol. The van der Waals surface area contributed by atoms with E-state index < -0.39 is 0 Å². The molecule has 7 atom stereocenters. The summed E-state index contributed by atoms with van der Waals surface area (Å²) in [6.45, 7) is 11.5. The Hall–Kier alpha value is -0.890. The van der Waals surface area contributed by atoms with Gasteiger partial charge in [-0.25, -0.2) is 0 Å². The van der Waals surface area contributed by atoms with Gasteiger partial charge >= 0.3 is 0 Å². The lowest BCUT2D eigenvalue weighted by molar-refractivity contribution is -0.118. The lowest BCUT2D eigenvalue weighted by atomic mass is 9.44. The van der Waals surface area contributed by atoms with E-state index in [0.717, 1.165) is 23.8 Å². The minimum atomic E-state index is 0.102. The van der Waals surface area contributed by atoms with Crippen LogP contribution in [0.4, 0.5) is 0 Å². The molecule has 0 aliphatic heterocycles. The molecule has 5 aliphatic carbocycles. The molecule has 5 rings (SSSR count). The van der Waals surface area contributed by atoms with Gasteiger partial charge in [-0.15, -0.1) is 0 Å². The van der Waals surface area contributed by atoms with Gasteiger partial charge in [0.05, 0.1) is 0 Å². The van der Waals surface area contributed by atoms with Crippen molar-refractivity contribution in [3.8, 4) is 0 Å².